The van der Waals surface area contributed by atoms with Crippen LogP contribution in [0, 0.1) is 0 Å². The van der Waals surface area contributed by atoms with Crippen LogP contribution in [0.4, 0.5) is 0 Å². The topological polar surface area (TPSA) is 77.0 Å². The molecule has 0 saturated heterocycles. The summed E-state index contributed by atoms with van der Waals surface area (Å²) in [6, 6.07) is 24.4. The van der Waals surface area contributed by atoms with E-state index in [4.69, 9.17) is 21.1 Å². The molecular weight excluding hydrogens is 440 g/mol. The van der Waals surface area contributed by atoms with Gasteiger partial charge in [0, 0.05) is 10.6 Å². The highest BCUT2D eigenvalue weighted by Gasteiger charge is 2.14. The van der Waals surface area contributed by atoms with Gasteiger partial charge in [-0.05, 0) is 53.2 Å². The molecule has 0 aliphatic heterocycles. The minimum Gasteiger partial charge on any atom is -0.496 e. The number of carbonyl (C=O) groups excluding carboxylic acids is 2. The Morgan fingerprint density at radius 2 is 1.61 bits per heavy atom. The average molecular weight is 459 g/mol. The largest absolute Gasteiger partial charge is 0.496 e. The van der Waals surface area contributed by atoms with Crippen molar-refractivity contribution in [3.63, 3.8) is 0 Å². The fourth-order valence-corrected chi connectivity index (χ4v) is 3.42. The molecule has 0 heterocycles. The molecule has 4 aromatic carbocycles. The predicted octanol–water partition coefficient (Wildman–Crippen LogP) is 5.48. The zero-order valence-corrected chi connectivity index (χ0v) is 18.4. The molecule has 6 nitrogen and oxygen atoms in total. The van der Waals surface area contributed by atoms with Crippen molar-refractivity contribution in [3.8, 4) is 11.5 Å². The molecule has 0 aromatic heterocycles. The molecule has 0 unspecified atom stereocenters. The van der Waals surface area contributed by atoms with Gasteiger partial charge in [0.15, 0.2) is 0 Å². The summed E-state index contributed by atoms with van der Waals surface area (Å²) in [5, 5.41) is 6.38. The Labute approximate surface area is 195 Å². The summed E-state index contributed by atoms with van der Waals surface area (Å²) in [6.07, 6.45) is 1.46. The highest BCUT2D eigenvalue weighted by Crippen LogP contribution is 2.27. The van der Waals surface area contributed by atoms with Gasteiger partial charge >= 0.3 is 5.97 Å². The van der Waals surface area contributed by atoms with Gasteiger partial charge in [-0.1, -0.05) is 54.1 Å². The van der Waals surface area contributed by atoms with Crippen LogP contribution in [0.25, 0.3) is 10.8 Å². The third-order valence-corrected chi connectivity index (χ3v) is 5.18. The molecule has 1 N–H and O–H groups in total. The summed E-state index contributed by atoms with van der Waals surface area (Å²) in [5.74, 6) is -0.213. The summed E-state index contributed by atoms with van der Waals surface area (Å²) in [6.45, 7) is 0. The van der Waals surface area contributed by atoms with Crippen molar-refractivity contribution in [1.82, 2.24) is 5.43 Å². The maximum atomic E-state index is 12.7. The van der Waals surface area contributed by atoms with E-state index >= 15 is 0 Å². The Balaban J connectivity index is 1.63. The molecule has 0 aliphatic rings. The number of nitrogens with one attached hydrogen (secondary N) is 1. The predicted molar refractivity (Wildman–Crippen MR) is 128 cm³/mol. The molecule has 7 heteroatoms. The first kappa shape index (κ1) is 22.0. The number of rotatable bonds is 6. The number of para-hydroxylation sites is 1. The lowest BCUT2D eigenvalue weighted by Gasteiger charge is -2.11. The van der Waals surface area contributed by atoms with E-state index in [1.54, 1.807) is 54.6 Å². The van der Waals surface area contributed by atoms with E-state index in [-0.39, 0.29) is 0 Å². The van der Waals surface area contributed by atoms with E-state index in [2.05, 4.69) is 10.5 Å². The van der Waals surface area contributed by atoms with Crippen molar-refractivity contribution in [3.05, 3.63) is 107 Å². The van der Waals surface area contributed by atoms with Gasteiger partial charge in [-0.3, -0.25) is 4.79 Å². The van der Waals surface area contributed by atoms with Crippen LogP contribution in [0.5, 0.6) is 11.5 Å². The molecule has 33 heavy (non-hydrogen) atoms. The first-order chi connectivity index (χ1) is 16.1. The van der Waals surface area contributed by atoms with Crippen molar-refractivity contribution in [2.75, 3.05) is 7.11 Å². The normalized spacial score (nSPS) is 10.8. The van der Waals surface area contributed by atoms with Crippen LogP contribution in [-0.2, 0) is 0 Å². The zero-order valence-electron chi connectivity index (χ0n) is 17.6. The third kappa shape index (κ3) is 5.02. The number of ether oxygens (including phenoxy) is 2. The molecule has 0 radical (unpaired) electrons. The van der Waals surface area contributed by atoms with E-state index in [0.717, 1.165) is 10.8 Å². The summed E-state index contributed by atoms with van der Waals surface area (Å²) >= 11 is 5.90. The van der Waals surface area contributed by atoms with E-state index < -0.39 is 11.9 Å². The summed E-state index contributed by atoms with van der Waals surface area (Å²) in [5.41, 5.74) is 3.76. The number of hydrogen-bond acceptors (Lipinski definition) is 5. The van der Waals surface area contributed by atoms with Crippen LogP contribution in [-0.4, -0.2) is 25.2 Å². The zero-order chi connectivity index (χ0) is 23.2. The second-order valence-corrected chi connectivity index (χ2v) is 7.43. The number of halogens is 1. The Morgan fingerprint density at radius 1 is 0.879 bits per heavy atom. The lowest BCUT2D eigenvalue weighted by molar-refractivity contribution is 0.0734. The standard InChI is InChI=1S/C26H19ClN2O4/c1-32-23-9-5-4-8-21(23)25(30)29-28-16-22-20-7-3-2-6-17(20)12-15-24(22)33-26(31)18-10-13-19(27)14-11-18/h2-16H,1H3,(H,29,30)/b28-16+. The molecule has 0 fully saturated rings. The van der Waals surface area contributed by atoms with Crippen LogP contribution in [0.1, 0.15) is 26.3 Å². The molecule has 0 atom stereocenters. The molecule has 4 aromatic rings. The summed E-state index contributed by atoms with van der Waals surface area (Å²) in [4.78, 5) is 25.2. The Hall–Kier alpha value is -4.16. The molecule has 0 saturated carbocycles. The van der Waals surface area contributed by atoms with Crippen molar-refractivity contribution < 1.29 is 19.1 Å². The second kappa shape index (κ2) is 9.97. The van der Waals surface area contributed by atoms with Crippen molar-refractivity contribution in [2.24, 2.45) is 5.10 Å². The van der Waals surface area contributed by atoms with Crippen LogP contribution >= 0.6 is 11.6 Å². The van der Waals surface area contributed by atoms with Crippen molar-refractivity contribution in [2.45, 2.75) is 0 Å². The molecule has 0 aliphatic carbocycles. The summed E-state index contributed by atoms with van der Waals surface area (Å²) < 4.78 is 10.9. The SMILES string of the molecule is COc1ccccc1C(=O)N/N=C/c1c(OC(=O)c2ccc(Cl)cc2)ccc2ccccc12. The van der Waals surface area contributed by atoms with Crippen LogP contribution < -0.4 is 14.9 Å². The fourth-order valence-electron chi connectivity index (χ4n) is 3.29. The van der Waals surface area contributed by atoms with Gasteiger partial charge < -0.3 is 9.47 Å². The van der Waals surface area contributed by atoms with Gasteiger partial charge in [0.1, 0.15) is 11.5 Å². The third-order valence-electron chi connectivity index (χ3n) is 4.92. The first-order valence-electron chi connectivity index (χ1n) is 10.0. The number of methoxy groups -OCH3 is 1. The molecule has 164 valence electrons. The van der Waals surface area contributed by atoms with E-state index in [0.29, 0.717) is 33.2 Å². The average Bonchev–Trinajstić information content (AvgIpc) is 2.85. The lowest BCUT2D eigenvalue weighted by Crippen LogP contribution is -2.18. The van der Waals surface area contributed by atoms with E-state index in [1.807, 2.05) is 30.3 Å². The number of fused-ring (bicyclic) bond motifs is 1. The van der Waals surface area contributed by atoms with Gasteiger partial charge in [0.05, 0.1) is 24.5 Å². The number of benzene rings is 4. The number of hydrazone groups is 1. The Morgan fingerprint density at radius 3 is 2.39 bits per heavy atom. The highest BCUT2D eigenvalue weighted by atomic mass is 35.5. The second-order valence-electron chi connectivity index (χ2n) is 6.99. The van der Waals surface area contributed by atoms with Gasteiger partial charge in [-0.15, -0.1) is 0 Å². The number of carbonyl (C=O) groups is 2. The molecule has 4 rings (SSSR count). The van der Waals surface area contributed by atoms with E-state index in [9.17, 15) is 9.59 Å². The maximum absolute atomic E-state index is 12.7. The summed E-state index contributed by atoms with van der Waals surface area (Å²) in [7, 11) is 1.49. The maximum Gasteiger partial charge on any atom is 0.343 e. The first-order valence-corrected chi connectivity index (χ1v) is 10.4. The molecular formula is C26H19ClN2O4. The molecule has 0 bridgehead atoms. The van der Waals surface area contributed by atoms with Gasteiger partial charge in [-0.2, -0.15) is 5.10 Å². The van der Waals surface area contributed by atoms with Crippen molar-refractivity contribution in [1.29, 1.82) is 0 Å². The van der Waals surface area contributed by atoms with Gasteiger partial charge in [0.25, 0.3) is 5.91 Å². The Bertz CT molecular complexity index is 1350. The van der Waals surface area contributed by atoms with Crippen LogP contribution in [0.15, 0.2) is 90.0 Å². The molecule has 0 spiro atoms. The number of nitrogens with zero attached hydrogens (tertiary/aromatic N) is 1. The smallest absolute Gasteiger partial charge is 0.343 e. The minimum atomic E-state index is -0.533. The number of hydrogen-bond donors (Lipinski definition) is 1. The van der Waals surface area contributed by atoms with Crippen LogP contribution in [0.2, 0.25) is 5.02 Å². The van der Waals surface area contributed by atoms with E-state index in [1.165, 1.54) is 13.3 Å². The Kier molecular flexibility index (Phi) is 6.66. The van der Waals surface area contributed by atoms with Gasteiger partial charge in [0.2, 0.25) is 0 Å². The number of esters is 1. The fraction of sp³-hybridized carbons (Fsp3) is 0.0385. The van der Waals surface area contributed by atoms with Crippen molar-refractivity contribution >= 4 is 40.5 Å². The highest BCUT2D eigenvalue weighted by molar-refractivity contribution is 6.30. The van der Waals surface area contributed by atoms with Crippen LogP contribution in [0.3, 0.4) is 0 Å². The molecule has 1 amide bonds. The lowest BCUT2D eigenvalue weighted by atomic mass is 10.0. The quantitative estimate of drug-likeness (QED) is 0.179. The number of amides is 1. The monoisotopic (exact) mass is 458 g/mol. The minimum absolute atomic E-state index is 0.309. The van der Waals surface area contributed by atoms with Gasteiger partial charge in [-0.25, -0.2) is 10.2 Å².